The van der Waals surface area contributed by atoms with Crippen molar-refractivity contribution in [2.45, 2.75) is 0 Å². The molecule has 0 unspecified atom stereocenters. The zero-order valence-electron chi connectivity index (χ0n) is 4.59. The molecule has 1 nitrogen and oxygen atoms in total. The van der Waals surface area contributed by atoms with Crippen molar-refractivity contribution in [1.29, 1.82) is 0 Å². The van der Waals surface area contributed by atoms with Crippen molar-refractivity contribution < 1.29 is 4.48 Å². The first-order valence-electron chi connectivity index (χ1n) is 2.47. The average molecular weight is 190 g/mol. The van der Waals surface area contributed by atoms with E-state index >= 15 is 0 Å². The van der Waals surface area contributed by atoms with Crippen LogP contribution < -0.4 is 4.15 Å². The number of anilines is 1. The number of para-hydroxylation sites is 1. The van der Waals surface area contributed by atoms with Gasteiger partial charge in [-0.2, -0.15) is 0 Å². The zero-order valence-corrected chi connectivity index (χ0v) is 6.18. The summed E-state index contributed by atoms with van der Waals surface area (Å²) in [5, 5.41) is 0. The Bertz CT molecular complexity index is 176. The Morgan fingerprint density at radius 3 is 2.11 bits per heavy atom. The van der Waals surface area contributed by atoms with E-state index in [2.05, 4.69) is 16.1 Å². The summed E-state index contributed by atoms with van der Waals surface area (Å²) in [7, 11) is 0. The van der Waals surface area contributed by atoms with Gasteiger partial charge >= 0.3 is 0 Å². The molecule has 0 bridgehead atoms. The van der Waals surface area contributed by atoms with Gasteiger partial charge in [0.1, 0.15) is 0 Å². The van der Waals surface area contributed by atoms with Crippen molar-refractivity contribution in [3.05, 3.63) is 30.3 Å². The van der Waals surface area contributed by atoms with Crippen LogP contribution in [0.2, 0.25) is 0 Å². The fraction of sp³-hybridized carbons (Fsp3) is 0. The minimum Gasteiger partial charge on any atom is -0.144 e. The van der Waals surface area contributed by atoms with Gasteiger partial charge < -0.3 is 0 Å². The first-order chi connectivity index (χ1) is 4.30. The van der Waals surface area contributed by atoms with E-state index < -0.39 is 0 Å². The summed E-state index contributed by atoms with van der Waals surface area (Å²) >= 11 is 2.65. The lowest BCUT2D eigenvalue weighted by atomic mass is 10.3. The Kier molecular flexibility index (Phi) is 2.05. The van der Waals surface area contributed by atoms with Crippen LogP contribution in [0.15, 0.2) is 30.3 Å². The van der Waals surface area contributed by atoms with Crippen molar-refractivity contribution in [3.63, 3.8) is 0 Å². The van der Waals surface area contributed by atoms with Crippen molar-refractivity contribution >= 4 is 21.8 Å². The van der Waals surface area contributed by atoms with Gasteiger partial charge in [0.05, 0.1) is 21.8 Å². The molecule has 0 saturated heterocycles. The molecule has 0 saturated carbocycles. The molecular weight excluding hydrogens is 185 g/mol. The monoisotopic (exact) mass is 189 g/mol. The Morgan fingerprint density at radius 2 is 1.78 bits per heavy atom. The molecule has 0 heterocycles. The Labute approximate surface area is 61.4 Å². The molecule has 0 aliphatic heterocycles. The fourth-order valence-electron chi connectivity index (χ4n) is 0.541. The molecule has 1 aromatic rings. The molecule has 0 atom stereocenters. The molecule has 0 aliphatic rings. The lowest BCUT2D eigenvalue weighted by Crippen LogP contribution is -1.90. The van der Waals surface area contributed by atoms with E-state index in [-0.39, 0.29) is 0 Å². The van der Waals surface area contributed by atoms with Crippen molar-refractivity contribution in [1.82, 2.24) is 0 Å². The van der Waals surface area contributed by atoms with Gasteiger partial charge in [0.2, 0.25) is 0 Å². The Hall–Kier alpha value is -0.570. The van der Waals surface area contributed by atoms with Crippen molar-refractivity contribution in [2.24, 2.45) is 0 Å². The first-order valence-corrected chi connectivity index (χ1v) is 3.18. The van der Waals surface area contributed by atoms with Gasteiger partial charge in [-0.15, -0.1) is 4.15 Å². The summed E-state index contributed by atoms with van der Waals surface area (Å²) in [6, 6.07) is 8.69. The number of hydrogen-bond acceptors (Lipinski definition) is 1. The van der Waals surface area contributed by atoms with Crippen molar-refractivity contribution in [2.75, 3.05) is 4.15 Å². The third-order valence-electron chi connectivity index (χ3n) is 0.951. The Morgan fingerprint density at radius 1 is 1.22 bits per heavy atom. The first kappa shape index (κ1) is 6.55. The molecule has 0 aromatic heterocycles. The molecular formula is C6H5BrFN. The molecule has 1 rings (SSSR count). The van der Waals surface area contributed by atoms with E-state index in [1.54, 1.807) is 24.3 Å². The van der Waals surface area contributed by atoms with Crippen LogP contribution in [-0.4, -0.2) is 0 Å². The summed E-state index contributed by atoms with van der Waals surface area (Å²) < 4.78 is 12.6. The second kappa shape index (κ2) is 2.82. The van der Waals surface area contributed by atoms with Gasteiger partial charge in [0, 0.05) is 0 Å². The quantitative estimate of drug-likeness (QED) is 0.615. The van der Waals surface area contributed by atoms with Gasteiger partial charge in [0.25, 0.3) is 0 Å². The van der Waals surface area contributed by atoms with Crippen LogP contribution >= 0.6 is 16.1 Å². The molecule has 0 amide bonds. The second-order valence-electron chi connectivity index (χ2n) is 1.57. The molecule has 0 spiro atoms. The van der Waals surface area contributed by atoms with Crippen LogP contribution in [0, 0.1) is 0 Å². The molecule has 3 heteroatoms. The molecule has 48 valence electrons. The van der Waals surface area contributed by atoms with E-state index in [0.29, 0.717) is 9.84 Å². The van der Waals surface area contributed by atoms with Gasteiger partial charge in [-0.25, -0.2) is 0 Å². The highest BCUT2D eigenvalue weighted by Crippen LogP contribution is 2.16. The van der Waals surface area contributed by atoms with Gasteiger partial charge in [-0.05, 0) is 12.1 Å². The van der Waals surface area contributed by atoms with Crippen LogP contribution in [0.1, 0.15) is 0 Å². The van der Waals surface area contributed by atoms with E-state index in [1.165, 1.54) is 0 Å². The van der Waals surface area contributed by atoms with Crippen LogP contribution in [0.4, 0.5) is 10.2 Å². The van der Waals surface area contributed by atoms with E-state index in [1.807, 2.05) is 6.07 Å². The maximum absolute atomic E-state index is 12.2. The van der Waals surface area contributed by atoms with Crippen LogP contribution in [0.25, 0.3) is 0 Å². The maximum Gasteiger partial charge on any atom is 0.0860 e. The van der Waals surface area contributed by atoms with Gasteiger partial charge in [-0.3, -0.25) is 0 Å². The van der Waals surface area contributed by atoms with E-state index in [0.717, 1.165) is 0 Å². The second-order valence-corrected chi connectivity index (χ2v) is 2.19. The summed E-state index contributed by atoms with van der Waals surface area (Å²) in [5.74, 6) is 0. The normalized spacial score (nSPS) is 9.11. The number of rotatable bonds is 1. The molecule has 0 aliphatic carbocycles. The SMILES string of the molecule is FN(Br)c1ccccc1. The lowest BCUT2D eigenvalue weighted by molar-refractivity contribution is 0.555. The van der Waals surface area contributed by atoms with Crippen LogP contribution in [0.3, 0.4) is 0 Å². The third-order valence-corrected chi connectivity index (χ3v) is 1.36. The van der Waals surface area contributed by atoms with Crippen LogP contribution in [0.5, 0.6) is 0 Å². The summed E-state index contributed by atoms with van der Waals surface area (Å²) in [4.78, 5) is 0. The predicted molar refractivity (Wildman–Crippen MR) is 39.0 cm³/mol. The highest BCUT2D eigenvalue weighted by Gasteiger charge is 1.94. The average Bonchev–Trinajstić information content (AvgIpc) is 1.90. The molecule has 0 radical (unpaired) electrons. The molecule has 1 aromatic carbocycles. The smallest absolute Gasteiger partial charge is 0.0860 e. The standard InChI is InChI=1S/C6H5BrFN/c7-9(8)6-4-2-1-3-5-6/h1-5H. The number of hydrogen-bond donors (Lipinski definition) is 0. The molecule has 0 fully saturated rings. The minimum atomic E-state index is 0.396. The zero-order chi connectivity index (χ0) is 6.69. The summed E-state index contributed by atoms with van der Waals surface area (Å²) in [5.41, 5.74) is 0.498. The number of benzene rings is 1. The van der Waals surface area contributed by atoms with E-state index in [4.69, 9.17) is 0 Å². The highest BCUT2D eigenvalue weighted by molar-refractivity contribution is 9.10. The topological polar surface area (TPSA) is 3.24 Å². The summed E-state index contributed by atoms with van der Waals surface area (Å²) in [6.45, 7) is 0. The summed E-state index contributed by atoms with van der Waals surface area (Å²) in [6.07, 6.45) is 0. The lowest BCUT2D eigenvalue weighted by Gasteiger charge is -2.00. The largest absolute Gasteiger partial charge is 0.144 e. The van der Waals surface area contributed by atoms with Crippen LogP contribution in [-0.2, 0) is 0 Å². The number of nitrogens with zero attached hydrogens (tertiary/aromatic N) is 1. The molecule has 0 N–H and O–H groups in total. The minimum absolute atomic E-state index is 0.396. The highest BCUT2D eigenvalue weighted by atomic mass is 79.9. The predicted octanol–water partition coefficient (Wildman–Crippen LogP) is 2.69. The molecule has 9 heavy (non-hydrogen) atoms. The van der Waals surface area contributed by atoms with Gasteiger partial charge in [-0.1, -0.05) is 22.7 Å². The Balaban J connectivity index is 2.85. The van der Waals surface area contributed by atoms with Gasteiger partial charge in [0.15, 0.2) is 0 Å². The third kappa shape index (κ3) is 1.68. The maximum atomic E-state index is 12.2. The fourth-order valence-corrected chi connectivity index (χ4v) is 0.777. The number of halogens is 2. The van der Waals surface area contributed by atoms with Crippen molar-refractivity contribution in [3.8, 4) is 0 Å². The van der Waals surface area contributed by atoms with E-state index in [9.17, 15) is 4.48 Å².